The molecule has 0 aliphatic heterocycles. The van der Waals surface area contributed by atoms with Crippen LogP contribution in [0, 0.1) is 6.92 Å². The first-order valence-corrected chi connectivity index (χ1v) is 47.6. The predicted octanol–water partition coefficient (Wildman–Crippen LogP) is 27.3. The highest BCUT2D eigenvalue weighted by atomic mass is 16.3. The summed E-state index contributed by atoms with van der Waals surface area (Å²) in [6, 6.07) is 63.7. The van der Waals surface area contributed by atoms with E-state index >= 15 is 0 Å². The summed E-state index contributed by atoms with van der Waals surface area (Å²) in [6.45, 7) is 13.1. The van der Waals surface area contributed by atoms with E-state index in [4.69, 9.17) is 0 Å². The molecule has 9 aromatic rings. The van der Waals surface area contributed by atoms with Gasteiger partial charge in [0.05, 0.1) is 0 Å². The van der Waals surface area contributed by atoms with Crippen molar-refractivity contribution in [2.45, 2.75) is 330 Å². The summed E-state index contributed by atoms with van der Waals surface area (Å²) in [5, 5.41) is 68.1. The number of hydrogen-bond acceptors (Lipinski definition) is 14. The van der Waals surface area contributed by atoms with Crippen molar-refractivity contribution < 1.29 is 35.7 Å². The van der Waals surface area contributed by atoms with Gasteiger partial charge in [-0.1, -0.05) is 447 Å². The SMILES string of the molecule is CCCCCCCCCCCCCCc1ccccc(=O)c1O.CCCCCCCCCCCCc1ccccc(=O)c1O.CCCCCCCCCCc1ccccc(=O)c1O.CCCCCCCCc1ccccc(=O)c1O.CCCCCCc1ccccc(=O)c1O.Cc1ccc(-c2ccccc(=O)c2O)cc1.O=c1ccccc(-c2ccccc2)c1O. The summed E-state index contributed by atoms with van der Waals surface area (Å²) in [5.74, 6) is -0.790. The molecule has 0 aliphatic rings. The van der Waals surface area contributed by atoms with Crippen LogP contribution in [-0.4, -0.2) is 35.7 Å². The minimum atomic E-state index is -0.362. The van der Waals surface area contributed by atoms with Crippen LogP contribution in [0.15, 0.2) is 258 Å². The summed E-state index contributed by atoms with van der Waals surface area (Å²) >= 11 is 0. The monoisotopic (exact) mass is 1720 g/mol. The maximum Gasteiger partial charge on any atom is 0.220 e. The Morgan fingerprint density at radius 3 is 0.540 bits per heavy atom. The zero-order valence-corrected chi connectivity index (χ0v) is 77.2. The molecule has 14 nitrogen and oxygen atoms in total. The standard InChI is InChI=1S/C21H34O2.C19H30O2.C17H26O2.C15H22O2.C14H12O2.C13H10O2.C13H18O2/c1-2-3-4-5-6-7-8-9-10-11-12-13-16-19-17-14-15-18-20(22)21(19)23;1-2-3-4-5-6-7-8-9-10-11-14-17-15-12-13-16-18(20)19(17)21;1-2-3-4-5-6-7-8-9-12-15-13-10-11-14-16(18)17(15)19;1-2-3-4-5-6-7-10-13-11-8-9-12-14(16)15(13)17;1-10-6-8-11(9-7-10)12-4-2-3-5-13(15)14(12)16;14-12-9-5-4-8-11(13(12)15)10-6-2-1-3-7-10;1-2-3-4-5-8-11-9-6-7-10-12(14)13(11)15/h14-15,17-18H,2-13,16H2,1H3,(H,22,23);12-13,15-16H,2-11,14H2,1H3,(H,20,21);10-11,13-14H,2-9,12H2,1H3,(H,18,19);8-9,11-12H,2-7,10H2,1H3,(H,16,17);2-9H,1H3,(H,15,16);1-9H,(H,14,15);6-7,9-10H,2-5,8H2,1H3,(H,14,15). The number of aromatic hydroxyl groups is 7. The van der Waals surface area contributed by atoms with E-state index in [1.165, 1.54) is 261 Å². The van der Waals surface area contributed by atoms with Crippen molar-refractivity contribution in [1.29, 1.82) is 0 Å². The van der Waals surface area contributed by atoms with Crippen molar-refractivity contribution >= 4 is 0 Å². The van der Waals surface area contributed by atoms with Crippen LogP contribution in [0.3, 0.4) is 0 Å². The molecular formula is C112H152O14. The second kappa shape index (κ2) is 71.4. The van der Waals surface area contributed by atoms with E-state index in [2.05, 4.69) is 34.6 Å². The van der Waals surface area contributed by atoms with Crippen LogP contribution in [0.25, 0.3) is 22.3 Å². The van der Waals surface area contributed by atoms with E-state index in [-0.39, 0.29) is 78.2 Å². The molecule has 9 rings (SSSR count). The molecule has 0 bridgehead atoms. The van der Waals surface area contributed by atoms with Gasteiger partial charge in [0.2, 0.25) is 38.0 Å². The zero-order chi connectivity index (χ0) is 91.8. The Kier molecular flexibility index (Phi) is 62.0. The van der Waals surface area contributed by atoms with Gasteiger partial charge < -0.3 is 35.7 Å². The van der Waals surface area contributed by atoms with E-state index in [1.807, 2.05) is 116 Å². The highest BCUT2D eigenvalue weighted by molar-refractivity contribution is 5.70. The molecule has 14 heteroatoms. The topological polar surface area (TPSA) is 261 Å². The molecule has 0 amide bonds. The average Bonchev–Trinajstić information content (AvgIpc) is 1.70. The zero-order valence-electron chi connectivity index (χ0n) is 77.2. The molecular weight excluding hydrogens is 1570 g/mol. The van der Waals surface area contributed by atoms with Gasteiger partial charge in [-0.05, 0) is 153 Å². The highest BCUT2D eigenvalue weighted by Crippen LogP contribution is 2.28. The van der Waals surface area contributed by atoms with Crippen molar-refractivity contribution in [3.8, 4) is 62.5 Å². The third-order valence-electron chi connectivity index (χ3n) is 22.1. The van der Waals surface area contributed by atoms with E-state index in [9.17, 15) is 69.3 Å². The van der Waals surface area contributed by atoms with Gasteiger partial charge in [0.15, 0.2) is 40.2 Å². The molecule has 0 radical (unpaired) electrons. The van der Waals surface area contributed by atoms with Gasteiger partial charge in [0, 0.05) is 11.1 Å². The first-order chi connectivity index (χ1) is 61.2. The molecule has 126 heavy (non-hydrogen) atoms. The molecule has 0 heterocycles. The van der Waals surface area contributed by atoms with Crippen LogP contribution >= 0.6 is 0 Å². The highest BCUT2D eigenvalue weighted by Gasteiger charge is 2.11. The fourth-order valence-electron chi connectivity index (χ4n) is 14.4. The van der Waals surface area contributed by atoms with Crippen molar-refractivity contribution in [1.82, 2.24) is 0 Å². The van der Waals surface area contributed by atoms with Crippen molar-refractivity contribution in [3.05, 3.63) is 329 Å². The molecule has 0 saturated carbocycles. The van der Waals surface area contributed by atoms with Crippen LogP contribution in [0.5, 0.6) is 40.2 Å². The number of unbranched alkanes of at least 4 members (excludes halogenated alkanes) is 35. The molecule has 0 aliphatic carbocycles. The van der Waals surface area contributed by atoms with Gasteiger partial charge in [-0.2, -0.15) is 0 Å². The lowest BCUT2D eigenvalue weighted by molar-refractivity contribution is 0.461. The second-order valence-corrected chi connectivity index (χ2v) is 32.8. The van der Waals surface area contributed by atoms with Gasteiger partial charge in [-0.15, -0.1) is 0 Å². The molecule has 684 valence electrons. The smallest absolute Gasteiger partial charge is 0.220 e. The van der Waals surface area contributed by atoms with Crippen LogP contribution in [-0.2, 0) is 32.1 Å². The minimum absolute atomic E-state index is 0.0712. The lowest BCUT2D eigenvalue weighted by Gasteiger charge is -2.03. The fraction of sp³-hybridized carbons (Fsp3) is 0.455. The molecule has 0 atom stereocenters. The molecule has 0 unspecified atom stereocenters. The first kappa shape index (κ1) is 109. The van der Waals surface area contributed by atoms with Gasteiger partial charge in [0.1, 0.15) is 0 Å². The molecule has 9 aromatic carbocycles. The van der Waals surface area contributed by atoms with Crippen LogP contribution in [0.4, 0.5) is 0 Å². The normalized spacial score (nSPS) is 10.4. The van der Waals surface area contributed by atoms with E-state index in [0.717, 1.165) is 115 Å². The molecule has 0 fully saturated rings. The van der Waals surface area contributed by atoms with Crippen molar-refractivity contribution in [2.75, 3.05) is 0 Å². The fourth-order valence-corrected chi connectivity index (χ4v) is 14.4. The summed E-state index contributed by atoms with van der Waals surface area (Å²) in [6.07, 6.45) is 54.9. The average molecular weight is 1720 g/mol. The predicted molar refractivity (Wildman–Crippen MR) is 528 cm³/mol. The molecule has 0 saturated heterocycles. The van der Waals surface area contributed by atoms with Crippen LogP contribution in [0.1, 0.15) is 325 Å². The van der Waals surface area contributed by atoms with Gasteiger partial charge >= 0.3 is 0 Å². The van der Waals surface area contributed by atoms with E-state index in [1.54, 1.807) is 72.8 Å². The Labute approximate surface area is 753 Å². The summed E-state index contributed by atoms with van der Waals surface area (Å²) in [4.78, 5) is 79.8. The summed E-state index contributed by atoms with van der Waals surface area (Å²) < 4.78 is 0. The molecule has 0 aromatic heterocycles. The number of aryl methyl sites for hydroxylation is 6. The van der Waals surface area contributed by atoms with E-state index < -0.39 is 0 Å². The number of hydrogen-bond donors (Lipinski definition) is 7. The molecule has 7 N–H and O–H groups in total. The second-order valence-electron chi connectivity index (χ2n) is 32.8. The first-order valence-electron chi connectivity index (χ1n) is 47.6. The Bertz CT molecular complexity index is 4840. The van der Waals surface area contributed by atoms with Crippen molar-refractivity contribution in [3.63, 3.8) is 0 Å². The maximum absolute atomic E-state index is 11.5. The summed E-state index contributed by atoms with van der Waals surface area (Å²) in [7, 11) is 0. The van der Waals surface area contributed by atoms with Gasteiger partial charge in [-0.3, -0.25) is 33.6 Å². The third kappa shape index (κ3) is 49.2. The third-order valence-corrected chi connectivity index (χ3v) is 22.1. The largest absolute Gasteiger partial charge is 0.504 e. The lowest BCUT2D eigenvalue weighted by Crippen LogP contribution is -1.97. The maximum atomic E-state index is 11.5. The van der Waals surface area contributed by atoms with Crippen LogP contribution in [0.2, 0.25) is 0 Å². The van der Waals surface area contributed by atoms with Gasteiger partial charge in [-0.25, -0.2) is 0 Å². The van der Waals surface area contributed by atoms with Crippen LogP contribution < -0.4 is 38.0 Å². The Morgan fingerprint density at radius 2 is 0.325 bits per heavy atom. The molecule has 0 spiro atoms. The minimum Gasteiger partial charge on any atom is -0.504 e. The van der Waals surface area contributed by atoms with Crippen molar-refractivity contribution in [2.24, 2.45) is 0 Å². The van der Waals surface area contributed by atoms with E-state index in [0.29, 0.717) is 11.1 Å². The summed E-state index contributed by atoms with van der Waals surface area (Å²) in [5.41, 5.74) is 5.71. The Morgan fingerprint density at radius 1 is 0.167 bits per heavy atom. The number of rotatable bonds is 47. The quantitative estimate of drug-likeness (QED) is 0.0175. The Hall–Kier alpha value is -10.7. The van der Waals surface area contributed by atoms with Gasteiger partial charge in [0.25, 0.3) is 0 Å². The lowest BCUT2D eigenvalue weighted by atomic mass is 10.0. The number of benzene rings is 2. The Balaban J connectivity index is 0.000000381.